The number of ether oxygens (including phenoxy) is 1. The van der Waals surface area contributed by atoms with E-state index in [1.165, 1.54) is 24.3 Å². The summed E-state index contributed by atoms with van der Waals surface area (Å²) in [5.74, 6) is -1.93. The second-order valence-corrected chi connectivity index (χ2v) is 6.79. The number of amides is 2. The number of halogens is 3. The Morgan fingerprint density at radius 3 is 2.16 bits per heavy atom. The van der Waals surface area contributed by atoms with E-state index in [0.717, 1.165) is 11.6 Å². The highest BCUT2D eigenvalue weighted by atomic mass is 19.4. The number of nitrogens with one attached hydrogen (secondary N) is 2. The molecule has 0 aliphatic heterocycles. The summed E-state index contributed by atoms with van der Waals surface area (Å²) in [6.45, 7) is 1.90. The lowest BCUT2D eigenvalue weighted by atomic mass is 10.1. The molecule has 0 bridgehead atoms. The van der Waals surface area contributed by atoms with Crippen LogP contribution in [0.15, 0.2) is 84.6 Å². The van der Waals surface area contributed by atoms with Crippen molar-refractivity contribution in [3.05, 3.63) is 101 Å². The fraction of sp³-hybridized carbons (Fsp3) is 0.0833. The van der Waals surface area contributed by atoms with E-state index >= 15 is 0 Å². The van der Waals surface area contributed by atoms with Crippen LogP contribution in [0.3, 0.4) is 0 Å². The maximum absolute atomic E-state index is 12.9. The van der Waals surface area contributed by atoms with Crippen molar-refractivity contribution in [1.29, 1.82) is 0 Å². The van der Waals surface area contributed by atoms with Crippen LogP contribution < -0.4 is 15.4 Å². The number of alkyl halides is 3. The summed E-state index contributed by atoms with van der Waals surface area (Å²) in [5, 5.41) is 4.91. The lowest BCUT2D eigenvalue weighted by Gasteiger charge is -2.15. The van der Waals surface area contributed by atoms with E-state index in [1.807, 2.05) is 19.1 Å². The Morgan fingerprint density at radius 1 is 0.875 bits per heavy atom. The number of para-hydroxylation sites is 2. The molecule has 2 amide bonds. The lowest BCUT2D eigenvalue weighted by Crippen LogP contribution is -2.31. The van der Waals surface area contributed by atoms with Gasteiger partial charge in [-0.05, 0) is 42.8 Å². The third kappa shape index (κ3) is 6.46. The number of benzene rings is 3. The molecule has 5 nitrogen and oxygen atoms in total. The summed E-state index contributed by atoms with van der Waals surface area (Å²) in [6, 6.07) is 20.5. The maximum atomic E-state index is 12.9. The van der Waals surface area contributed by atoms with Gasteiger partial charge in [0.1, 0.15) is 5.70 Å². The van der Waals surface area contributed by atoms with Gasteiger partial charge in [0.05, 0.1) is 5.69 Å². The first-order chi connectivity index (χ1) is 15.2. The van der Waals surface area contributed by atoms with E-state index in [4.69, 9.17) is 0 Å². The lowest BCUT2D eigenvalue weighted by molar-refractivity contribution is -0.274. The predicted molar refractivity (Wildman–Crippen MR) is 115 cm³/mol. The van der Waals surface area contributed by atoms with Crippen molar-refractivity contribution < 1.29 is 27.5 Å². The van der Waals surface area contributed by atoms with E-state index in [0.29, 0.717) is 11.1 Å². The van der Waals surface area contributed by atoms with Crippen LogP contribution in [0.4, 0.5) is 18.9 Å². The first-order valence-corrected chi connectivity index (χ1v) is 9.52. The van der Waals surface area contributed by atoms with Crippen LogP contribution in [-0.4, -0.2) is 18.2 Å². The van der Waals surface area contributed by atoms with Crippen LogP contribution in [0.25, 0.3) is 6.08 Å². The van der Waals surface area contributed by atoms with Crippen LogP contribution in [0.5, 0.6) is 5.75 Å². The molecule has 0 aliphatic carbocycles. The van der Waals surface area contributed by atoms with Gasteiger partial charge in [-0.3, -0.25) is 9.59 Å². The fourth-order valence-corrected chi connectivity index (χ4v) is 2.74. The summed E-state index contributed by atoms with van der Waals surface area (Å²) >= 11 is 0. The molecule has 0 aromatic heterocycles. The number of aryl methyl sites for hydroxylation is 1. The Kier molecular flexibility index (Phi) is 6.94. The smallest absolute Gasteiger partial charge is 0.404 e. The normalized spacial score (nSPS) is 11.6. The molecular weight excluding hydrogens is 421 g/mol. The van der Waals surface area contributed by atoms with Gasteiger partial charge < -0.3 is 15.4 Å². The van der Waals surface area contributed by atoms with E-state index < -0.39 is 23.9 Å². The number of hydrogen-bond acceptors (Lipinski definition) is 3. The molecule has 8 heteroatoms. The minimum absolute atomic E-state index is 0.149. The summed E-state index contributed by atoms with van der Waals surface area (Å²) in [7, 11) is 0. The third-order valence-electron chi connectivity index (χ3n) is 4.28. The number of rotatable bonds is 6. The maximum Gasteiger partial charge on any atom is 0.573 e. The van der Waals surface area contributed by atoms with Crippen LogP contribution in [-0.2, 0) is 4.79 Å². The second kappa shape index (κ2) is 9.82. The van der Waals surface area contributed by atoms with Crippen LogP contribution in [0.2, 0.25) is 0 Å². The zero-order valence-electron chi connectivity index (χ0n) is 16.9. The van der Waals surface area contributed by atoms with Gasteiger partial charge in [-0.1, -0.05) is 60.2 Å². The molecule has 164 valence electrons. The Hall–Kier alpha value is -4.07. The van der Waals surface area contributed by atoms with Gasteiger partial charge in [-0.2, -0.15) is 0 Å². The Balaban J connectivity index is 1.90. The molecule has 0 saturated carbocycles. The molecule has 3 aromatic rings. The van der Waals surface area contributed by atoms with Crippen LogP contribution in [0.1, 0.15) is 21.5 Å². The van der Waals surface area contributed by atoms with E-state index in [1.54, 1.807) is 42.5 Å². The highest BCUT2D eigenvalue weighted by Crippen LogP contribution is 2.30. The van der Waals surface area contributed by atoms with Gasteiger partial charge in [-0.15, -0.1) is 13.2 Å². The number of hydrogen-bond donors (Lipinski definition) is 2. The number of anilines is 1. The van der Waals surface area contributed by atoms with Crippen molar-refractivity contribution in [3.63, 3.8) is 0 Å². The monoisotopic (exact) mass is 440 g/mol. The minimum Gasteiger partial charge on any atom is -0.404 e. The van der Waals surface area contributed by atoms with Crippen molar-refractivity contribution >= 4 is 23.6 Å². The first-order valence-electron chi connectivity index (χ1n) is 9.52. The summed E-state index contributed by atoms with van der Waals surface area (Å²) in [5.41, 5.74) is 1.59. The quantitative estimate of drug-likeness (QED) is 0.511. The molecule has 0 fully saturated rings. The second-order valence-electron chi connectivity index (χ2n) is 6.79. The van der Waals surface area contributed by atoms with Gasteiger partial charge >= 0.3 is 6.36 Å². The van der Waals surface area contributed by atoms with Crippen molar-refractivity contribution in [2.45, 2.75) is 13.3 Å². The third-order valence-corrected chi connectivity index (χ3v) is 4.28. The molecule has 0 atom stereocenters. The van der Waals surface area contributed by atoms with E-state index in [2.05, 4.69) is 15.4 Å². The SMILES string of the molecule is Cc1ccc(C=C(NC(=O)c2ccccc2)C(=O)Nc2ccccc2OC(F)(F)F)cc1. The Morgan fingerprint density at radius 2 is 1.50 bits per heavy atom. The van der Waals surface area contributed by atoms with Gasteiger partial charge in [0.25, 0.3) is 11.8 Å². The first kappa shape index (κ1) is 22.6. The molecule has 3 aromatic carbocycles. The molecule has 0 unspecified atom stereocenters. The topological polar surface area (TPSA) is 67.4 Å². The standard InChI is InChI=1S/C24H19F3N2O3/c1-16-11-13-17(14-12-16)15-20(29-22(30)18-7-3-2-4-8-18)23(31)28-19-9-5-6-10-21(19)32-24(25,26)27/h2-15H,1H3,(H,28,31)(H,29,30). The summed E-state index contributed by atoms with van der Waals surface area (Å²) in [4.78, 5) is 25.5. The molecule has 0 heterocycles. The van der Waals surface area contributed by atoms with Gasteiger partial charge in [0.15, 0.2) is 5.75 Å². The Bertz CT molecular complexity index is 1130. The molecule has 0 spiro atoms. The number of carbonyl (C=O) groups is 2. The van der Waals surface area contributed by atoms with Crippen molar-refractivity contribution in [2.75, 3.05) is 5.32 Å². The summed E-state index contributed by atoms with van der Waals surface area (Å²) in [6.07, 6.45) is -3.49. The zero-order valence-corrected chi connectivity index (χ0v) is 16.9. The molecular formula is C24H19F3N2O3. The zero-order chi connectivity index (χ0) is 23.1. The largest absolute Gasteiger partial charge is 0.573 e. The van der Waals surface area contributed by atoms with Crippen molar-refractivity contribution in [3.8, 4) is 5.75 Å². The fourth-order valence-electron chi connectivity index (χ4n) is 2.74. The van der Waals surface area contributed by atoms with Gasteiger partial charge in [0, 0.05) is 5.56 Å². The van der Waals surface area contributed by atoms with Crippen LogP contribution >= 0.6 is 0 Å². The van der Waals surface area contributed by atoms with E-state index in [-0.39, 0.29) is 11.4 Å². The molecule has 0 saturated heterocycles. The van der Waals surface area contributed by atoms with Gasteiger partial charge in [0.2, 0.25) is 0 Å². The van der Waals surface area contributed by atoms with Crippen molar-refractivity contribution in [2.24, 2.45) is 0 Å². The highest BCUT2D eigenvalue weighted by molar-refractivity contribution is 6.11. The average Bonchev–Trinajstić information content (AvgIpc) is 2.75. The Labute approximate surface area is 182 Å². The molecule has 3 rings (SSSR count). The van der Waals surface area contributed by atoms with Crippen molar-refractivity contribution in [1.82, 2.24) is 5.32 Å². The molecule has 0 radical (unpaired) electrons. The predicted octanol–water partition coefficient (Wildman–Crippen LogP) is 5.30. The molecule has 0 aliphatic rings. The van der Waals surface area contributed by atoms with E-state index in [9.17, 15) is 22.8 Å². The summed E-state index contributed by atoms with van der Waals surface area (Å²) < 4.78 is 42.1. The molecule has 32 heavy (non-hydrogen) atoms. The number of carbonyl (C=O) groups excluding carboxylic acids is 2. The molecule has 2 N–H and O–H groups in total. The van der Waals surface area contributed by atoms with Crippen LogP contribution in [0, 0.1) is 6.92 Å². The minimum atomic E-state index is -4.93. The highest BCUT2D eigenvalue weighted by Gasteiger charge is 2.32. The van der Waals surface area contributed by atoms with Gasteiger partial charge in [-0.25, -0.2) is 0 Å². The average molecular weight is 440 g/mol.